The second-order valence-corrected chi connectivity index (χ2v) is 10.3. The van der Waals surface area contributed by atoms with Gasteiger partial charge >= 0.3 is 6.09 Å². The van der Waals surface area contributed by atoms with Crippen molar-refractivity contribution in [2.45, 2.75) is 39.0 Å². The average Bonchev–Trinajstić information content (AvgIpc) is 3.07. The minimum Gasteiger partial charge on any atom is -0.442 e. The summed E-state index contributed by atoms with van der Waals surface area (Å²) in [4.78, 5) is 25.3. The molecule has 2 N–H and O–H groups in total. The number of fused-ring (bicyclic) bond motifs is 1. The van der Waals surface area contributed by atoms with Crippen LogP contribution in [0, 0.1) is 0 Å². The van der Waals surface area contributed by atoms with E-state index in [2.05, 4.69) is 10.7 Å². The third kappa shape index (κ3) is 6.19. The van der Waals surface area contributed by atoms with Gasteiger partial charge in [0.25, 0.3) is 16.0 Å². The minimum atomic E-state index is -3.94. The first-order valence-corrected chi connectivity index (χ1v) is 11.9. The number of anilines is 2. The molecule has 2 amide bonds. The lowest BCUT2D eigenvalue weighted by atomic mass is 10.1. The average molecular weight is 482 g/mol. The van der Waals surface area contributed by atoms with Gasteiger partial charge in [-0.15, -0.1) is 0 Å². The summed E-state index contributed by atoms with van der Waals surface area (Å²) in [5.41, 5.74) is 4.33. The molecule has 1 aliphatic rings. The molecule has 1 aliphatic heterocycles. The van der Waals surface area contributed by atoms with Gasteiger partial charge in [0.05, 0.1) is 11.9 Å². The smallest absolute Gasteiger partial charge is 0.429 e. The number of carbonyl (C=O) groups excluding carboxylic acids is 2. The van der Waals surface area contributed by atoms with E-state index in [9.17, 15) is 18.0 Å². The molecule has 0 aliphatic carbocycles. The number of nitrogens with one attached hydrogen (secondary N) is 2. The Balaban J connectivity index is 1.80. The molecule has 9 nitrogen and oxygen atoms in total. The molecule has 2 aromatic rings. The van der Waals surface area contributed by atoms with Crippen molar-refractivity contribution < 1.29 is 26.9 Å². The summed E-state index contributed by atoms with van der Waals surface area (Å²) in [6.45, 7) is 5.66. The lowest BCUT2D eigenvalue weighted by molar-refractivity contribution is -0.122. The van der Waals surface area contributed by atoms with Gasteiger partial charge in [0.15, 0.2) is 6.10 Å². The Kier molecular flexibility index (Phi) is 6.80. The molecule has 1 atom stereocenters. The first-order chi connectivity index (χ1) is 14.8. The Bertz CT molecular complexity index is 1150. The van der Waals surface area contributed by atoms with Gasteiger partial charge in [-0.25, -0.2) is 15.2 Å². The van der Waals surface area contributed by atoms with E-state index in [1.54, 1.807) is 57.2 Å². The highest BCUT2D eigenvalue weighted by molar-refractivity contribution is 7.86. The molecular formula is C21H24ClN3O6S. The molecule has 0 bridgehead atoms. The fourth-order valence-electron chi connectivity index (χ4n) is 3.05. The Morgan fingerprint density at radius 1 is 1.19 bits per heavy atom. The molecule has 0 radical (unpaired) electrons. The molecule has 0 saturated carbocycles. The number of hydrogen-bond acceptors (Lipinski definition) is 7. The van der Waals surface area contributed by atoms with Crippen molar-refractivity contribution in [1.82, 2.24) is 5.43 Å². The fourth-order valence-corrected chi connectivity index (χ4v) is 3.79. The van der Waals surface area contributed by atoms with Crippen molar-refractivity contribution in [2.75, 3.05) is 16.6 Å². The number of ether oxygens (including phenoxy) is 1. The largest absolute Gasteiger partial charge is 0.442 e. The lowest BCUT2D eigenvalue weighted by Gasteiger charge is -2.24. The van der Waals surface area contributed by atoms with Crippen LogP contribution in [-0.4, -0.2) is 32.3 Å². The maximum absolute atomic E-state index is 12.9. The van der Waals surface area contributed by atoms with Crippen LogP contribution in [0.3, 0.4) is 0 Å². The molecule has 172 valence electrons. The maximum atomic E-state index is 12.9. The third-order valence-electron chi connectivity index (χ3n) is 4.25. The summed E-state index contributed by atoms with van der Waals surface area (Å²) in [7, 11) is -3.94. The van der Waals surface area contributed by atoms with Crippen LogP contribution < -0.4 is 15.8 Å². The summed E-state index contributed by atoms with van der Waals surface area (Å²) in [5.74, 6) is -0.687. The predicted octanol–water partition coefficient (Wildman–Crippen LogP) is 3.76. The Morgan fingerprint density at radius 2 is 1.91 bits per heavy atom. The number of halogens is 1. The van der Waals surface area contributed by atoms with Crippen molar-refractivity contribution in [3.63, 3.8) is 0 Å². The van der Waals surface area contributed by atoms with E-state index in [-0.39, 0.29) is 0 Å². The number of amides is 2. The summed E-state index contributed by atoms with van der Waals surface area (Å²) < 4.78 is 33.8. The molecule has 0 fully saturated rings. The molecule has 3 rings (SSSR count). The molecule has 2 aromatic carbocycles. The van der Waals surface area contributed by atoms with Crippen molar-refractivity contribution in [2.24, 2.45) is 0 Å². The second-order valence-electron chi connectivity index (χ2n) is 8.22. The van der Waals surface area contributed by atoms with E-state index < -0.39 is 33.8 Å². The van der Waals surface area contributed by atoms with Gasteiger partial charge in [-0.1, -0.05) is 23.7 Å². The Hall–Kier alpha value is -2.66. The van der Waals surface area contributed by atoms with Crippen molar-refractivity contribution >= 4 is 45.1 Å². The summed E-state index contributed by atoms with van der Waals surface area (Å²) in [6.07, 6.45) is -1.10. The van der Waals surface area contributed by atoms with Gasteiger partial charge < -0.3 is 10.1 Å². The molecule has 11 heteroatoms. The van der Waals surface area contributed by atoms with Gasteiger partial charge in [-0.2, -0.15) is 8.42 Å². The standard InChI is InChI=1S/C21H24ClN3O6S/c1-21(2,3)30-20(27)25-17-9-8-16(11-14(17)12-23-25)24-19(26)18(31-32(4,28)29)13-6-5-7-15(22)10-13/h5-11,18,23H,12H2,1-4H3,(H,24,26). The second kappa shape index (κ2) is 9.07. The van der Waals surface area contributed by atoms with Crippen LogP contribution in [0.1, 0.15) is 38.0 Å². The van der Waals surface area contributed by atoms with E-state index >= 15 is 0 Å². The first-order valence-electron chi connectivity index (χ1n) is 9.66. The highest BCUT2D eigenvalue weighted by Crippen LogP contribution is 2.30. The van der Waals surface area contributed by atoms with E-state index in [0.717, 1.165) is 11.8 Å². The first kappa shape index (κ1) is 24.0. The van der Waals surface area contributed by atoms with Gasteiger partial charge in [-0.3, -0.25) is 8.98 Å². The normalized spacial score (nSPS) is 14.6. The quantitative estimate of drug-likeness (QED) is 0.625. The third-order valence-corrected chi connectivity index (χ3v) is 5.03. The molecular weight excluding hydrogens is 458 g/mol. The highest BCUT2D eigenvalue weighted by Gasteiger charge is 2.30. The van der Waals surface area contributed by atoms with Crippen LogP contribution in [-0.2, 0) is 30.4 Å². The summed E-state index contributed by atoms with van der Waals surface area (Å²) >= 11 is 5.98. The zero-order valence-corrected chi connectivity index (χ0v) is 19.6. The maximum Gasteiger partial charge on any atom is 0.429 e. The predicted molar refractivity (Wildman–Crippen MR) is 121 cm³/mol. The molecule has 0 aromatic heterocycles. The van der Waals surface area contributed by atoms with Gasteiger partial charge in [-0.05, 0) is 62.2 Å². The Morgan fingerprint density at radius 3 is 2.53 bits per heavy atom. The zero-order valence-electron chi connectivity index (χ0n) is 18.0. The minimum absolute atomic E-state index is 0.291. The van der Waals surface area contributed by atoms with Crippen molar-refractivity contribution in [3.05, 3.63) is 58.6 Å². The number of rotatable bonds is 5. The van der Waals surface area contributed by atoms with Gasteiger partial charge in [0, 0.05) is 17.3 Å². The molecule has 1 unspecified atom stereocenters. The fraction of sp³-hybridized carbons (Fsp3) is 0.333. The summed E-state index contributed by atoms with van der Waals surface area (Å²) in [5, 5.41) is 4.30. The van der Waals surface area contributed by atoms with Crippen molar-refractivity contribution in [1.29, 1.82) is 0 Å². The highest BCUT2D eigenvalue weighted by atomic mass is 35.5. The summed E-state index contributed by atoms with van der Waals surface area (Å²) in [6, 6.07) is 11.1. The number of hydrazine groups is 1. The molecule has 1 heterocycles. The number of benzene rings is 2. The van der Waals surface area contributed by atoms with Gasteiger partial charge in [0.1, 0.15) is 5.60 Å². The lowest BCUT2D eigenvalue weighted by Crippen LogP contribution is -2.41. The molecule has 0 saturated heterocycles. The monoisotopic (exact) mass is 481 g/mol. The van der Waals surface area contributed by atoms with E-state index in [1.165, 1.54) is 11.1 Å². The van der Waals surface area contributed by atoms with E-state index in [1.807, 2.05) is 0 Å². The van der Waals surface area contributed by atoms with Crippen LogP contribution in [0.25, 0.3) is 0 Å². The number of carbonyl (C=O) groups is 2. The van der Waals surface area contributed by atoms with Crippen LogP contribution in [0.15, 0.2) is 42.5 Å². The molecule has 32 heavy (non-hydrogen) atoms. The zero-order chi connectivity index (χ0) is 23.7. The van der Waals surface area contributed by atoms with Crippen LogP contribution in [0.2, 0.25) is 5.02 Å². The number of hydrogen-bond donors (Lipinski definition) is 2. The van der Waals surface area contributed by atoms with Crippen molar-refractivity contribution in [3.8, 4) is 0 Å². The molecule has 0 spiro atoms. The van der Waals surface area contributed by atoms with Gasteiger partial charge in [0.2, 0.25) is 0 Å². The number of nitrogens with zero attached hydrogens (tertiary/aromatic N) is 1. The topological polar surface area (TPSA) is 114 Å². The Labute approximate surface area is 191 Å². The van der Waals surface area contributed by atoms with E-state index in [0.29, 0.717) is 28.5 Å². The van der Waals surface area contributed by atoms with Crippen LogP contribution >= 0.6 is 11.6 Å². The van der Waals surface area contributed by atoms with Crippen LogP contribution in [0.5, 0.6) is 0 Å². The SMILES string of the molecule is CC(C)(C)OC(=O)N1NCc2cc(NC(=O)C(OS(C)(=O)=O)c3cccc(Cl)c3)ccc21. The van der Waals surface area contributed by atoms with E-state index in [4.69, 9.17) is 20.5 Å². The van der Waals surface area contributed by atoms with Crippen LogP contribution in [0.4, 0.5) is 16.2 Å².